The summed E-state index contributed by atoms with van der Waals surface area (Å²) in [5.74, 6) is 0.379. The highest BCUT2D eigenvalue weighted by Crippen LogP contribution is 1.99. The monoisotopic (exact) mass is 140 g/mol. The Labute approximate surface area is 63.1 Å². The first-order valence-corrected chi connectivity index (χ1v) is 3.94. The van der Waals surface area contributed by atoms with Crippen molar-refractivity contribution in [2.75, 3.05) is 0 Å². The molecule has 0 radical (unpaired) electrons. The molecule has 0 N–H and O–H groups in total. The molecule has 0 saturated carbocycles. The molecule has 0 aliphatic carbocycles. The van der Waals surface area contributed by atoms with Crippen LogP contribution >= 0.6 is 0 Å². The third-order valence-corrected chi connectivity index (χ3v) is 1.46. The molecule has 0 spiro atoms. The molecule has 0 aliphatic heterocycles. The fraction of sp³-hybridized carbons (Fsp3) is 0.667. The minimum absolute atomic E-state index is 0.379. The van der Waals surface area contributed by atoms with E-state index in [2.05, 4.69) is 6.08 Å². The lowest BCUT2D eigenvalue weighted by atomic mass is 10.1. The van der Waals surface area contributed by atoms with Crippen LogP contribution in [0.15, 0.2) is 12.2 Å². The van der Waals surface area contributed by atoms with Crippen molar-refractivity contribution < 1.29 is 4.79 Å². The maximum atomic E-state index is 10.8. The van der Waals surface area contributed by atoms with E-state index in [1.54, 1.807) is 0 Å². The summed E-state index contributed by atoms with van der Waals surface area (Å²) in [7, 11) is 0. The van der Waals surface area contributed by atoms with Crippen LogP contribution in [0.3, 0.4) is 0 Å². The van der Waals surface area contributed by atoms with Gasteiger partial charge in [0.2, 0.25) is 0 Å². The summed E-state index contributed by atoms with van der Waals surface area (Å²) in [6, 6.07) is 0. The van der Waals surface area contributed by atoms with Crippen molar-refractivity contribution in [3.8, 4) is 0 Å². The van der Waals surface area contributed by atoms with Gasteiger partial charge in [0.15, 0.2) is 0 Å². The molecule has 0 fully saturated rings. The van der Waals surface area contributed by atoms with Crippen LogP contribution in [-0.2, 0) is 4.79 Å². The van der Waals surface area contributed by atoms with Crippen molar-refractivity contribution in [2.24, 2.45) is 0 Å². The van der Waals surface area contributed by atoms with Gasteiger partial charge in [0.05, 0.1) is 0 Å². The predicted octanol–water partition coefficient (Wildman–Crippen LogP) is 2.71. The molecule has 0 aromatic heterocycles. The van der Waals surface area contributed by atoms with E-state index in [1.165, 1.54) is 0 Å². The van der Waals surface area contributed by atoms with E-state index in [0.717, 1.165) is 19.3 Å². The zero-order valence-corrected chi connectivity index (χ0v) is 6.89. The molecule has 1 heteroatoms. The molecule has 0 aromatic carbocycles. The molecule has 0 aliphatic rings. The van der Waals surface area contributed by atoms with Crippen molar-refractivity contribution in [1.29, 1.82) is 0 Å². The van der Waals surface area contributed by atoms with Crippen molar-refractivity contribution in [2.45, 2.75) is 39.5 Å². The highest BCUT2D eigenvalue weighted by molar-refractivity contribution is 5.77. The van der Waals surface area contributed by atoms with Gasteiger partial charge in [-0.2, -0.15) is 0 Å². The van der Waals surface area contributed by atoms with E-state index < -0.39 is 0 Å². The molecular formula is C9H16O. The number of hydrogen-bond acceptors (Lipinski definition) is 1. The number of Topliss-reactive ketones (excluding diaryl/α,β-unsaturated/α-hetero) is 1. The molecule has 10 heavy (non-hydrogen) atoms. The first-order valence-electron chi connectivity index (χ1n) is 3.94. The van der Waals surface area contributed by atoms with E-state index >= 15 is 0 Å². The summed E-state index contributed by atoms with van der Waals surface area (Å²) in [6.07, 6.45) is 7.62. The van der Waals surface area contributed by atoms with E-state index in [4.69, 9.17) is 0 Å². The summed E-state index contributed by atoms with van der Waals surface area (Å²) >= 11 is 0. The van der Waals surface area contributed by atoms with Crippen molar-refractivity contribution in [3.05, 3.63) is 12.2 Å². The Morgan fingerprint density at radius 1 is 1.50 bits per heavy atom. The normalized spacial score (nSPS) is 10.6. The largest absolute Gasteiger partial charge is 0.300 e. The van der Waals surface area contributed by atoms with Gasteiger partial charge in [-0.1, -0.05) is 19.1 Å². The van der Waals surface area contributed by atoms with E-state index in [-0.39, 0.29) is 0 Å². The Bertz CT molecular complexity index is 114. The molecule has 0 saturated heterocycles. The van der Waals surface area contributed by atoms with Gasteiger partial charge in [-0.25, -0.2) is 0 Å². The molecule has 0 rings (SSSR count). The summed E-state index contributed by atoms with van der Waals surface area (Å²) in [5, 5.41) is 0. The van der Waals surface area contributed by atoms with Gasteiger partial charge < -0.3 is 0 Å². The standard InChI is InChI=1S/C9H16O/c1-3-5-6-7-8-9(10)4-2/h3,5H,4,6-8H2,1-2H3. The quantitative estimate of drug-likeness (QED) is 0.424. The Balaban J connectivity index is 3.11. The maximum absolute atomic E-state index is 10.8. The fourth-order valence-corrected chi connectivity index (χ4v) is 0.761. The van der Waals surface area contributed by atoms with Crippen LogP contribution in [0.1, 0.15) is 39.5 Å². The average Bonchev–Trinajstić information content (AvgIpc) is 1.98. The van der Waals surface area contributed by atoms with Gasteiger partial charge in [0, 0.05) is 12.8 Å². The van der Waals surface area contributed by atoms with Crippen molar-refractivity contribution in [3.63, 3.8) is 0 Å². The Morgan fingerprint density at radius 3 is 2.70 bits per heavy atom. The second-order valence-corrected chi connectivity index (χ2v) is 2.35. The predicted molar refractivity (Wildman–Crippen MR) is 44.0 cm³/mol. The smallest absolute Gasteiger partial charge is 0.132 e. The van der Waals surface area contributed by atoms with Crippen molar-refractivity contribution in [1.82, 2.24) is 0 Å². The SMILES string of the molecule is CC=CCCCC(=O)CC. The summed E-state index contributed by atoms with van der Waals surface area (Å²) in [6.45, 7) is 3.92. The number of rotatable bonds is 5. The minimum Gasteiger partial charge on any atom is -0.300 e. The van der Waals surface area contributed by atoms with E-state index in [9.17, 15) is 4.79 Å². The fourth-order valence-electron chi connectivity index (χ4n) is 0.761. The minimum atomic E-state index is 0.379. The topological polar surface area (TPSA) is 17.1 Å². The molecule has 58 valence electrons. The number of carbonyl (C=O) groups is 1. The van der Waals surface area contributed by atoms with Crippen LogP contribution in [0.2, 0.25) is 0 Å². The Kier molecular flexibility index (Phi) is 6.14. The molecular weight excluding hydrogens is 124 g/mol. The third kappa shape index (κ3) is 5.54. The zero-order valence-electron chi connectivity index (χ0n) is 6.89. The zero-order chi connectivity index (χ0) is 7.82. The summed E-state index contributed by atoms with van der Waals surface area (Å²) < 4.78 is 0. The van der Waals surface area contributed by atoms with Crippen LogP contribution in [0.4, 0.5) is 0 Å². The van der Waals surface area contributed by atoms with Gasteiger partial charge in [-0.15, -0.1) is 0 Å². The molecule has 0 heterocycles. The number of allylic oxidation sites excluding steroid dienone is 2. The van der Waals surface area contributed by atoms with Crippen LogP contribution in [0.5, 0.6) is 0 Å². The van der Waals surface area contributed by atoms with Gasteiger partial charge >= 0.3 is 0 Å². The Morgan fingerprint density at radius 2 is 2.20 bits per heavy atom. The van der Waals surface area contributed by atoms with Crippen LogP contribution in [0, 0.1) is 0 Å². The first-order chi connectivity index (χ1) is 4.81. The number of hydrogen-bond donors (Lipinski definition) is 0. The molecule has 0 bridgehead atoms. The highest BCUT2D eigenvalue weighted by atomic mass is 16.1. The van der Waals surface area contributed by atoms with Gasteiger partial charge in [0.1, 0.15) is 5.78 Å². The van der Waals surface area contributed by atoms with E-state index in [0.29, 0.717) is 12.2 Å². The van der Waals surface area contributed by atoms with Gasteiger partial charge in [-0.05, 0) is 19.8 Å². The first kappa shape index (κ1) is 9.41. The lowest BCUT2D eigenvalue weighted by Crippen LogP contribution is -1.93. The summed E-state index contributed by atoms with van der Waals surface area (Å²) in [5.41, 5.74) is 0. The van der Waals surface area contributed by atoms with Crippen LogP contribution in [-0.4, -0.2) is 5.78 Å². The Hall–Kier alpha value is -0.590. The lowest BCUT2D eigenvalue weighted by Gasteiger charge is -1.92. The molecule has 0 unspecified atom stereocenters. The van der Waals surface area contributed by atoms with E-state index in [1.807, 2.05) is 19.9 Å². The number of carbonyl (C=O) groups excluding carboxylic acids is 1. The highest BCUT2D eigenvalue weighted by Gasteiger charge is 1.94. The van der Waals surface area contributed by atoms with Crippen LogP contribution < -0.4 is 0 Å². The second-order valence-electron chi connectivity index (χ2n) is 2.35. The number of unbranched alkanes of at least 4 members (excludes halogenated alkanes) is 1. The van der Waals surface area contributed by atoms with Gasteiger partial charge in [-0.3, -0.25) is 4.79 Å². The molecule has 0 amide bonds. The molecule has 1 nitrogen and oxygen atoms in total. The van der Waals surface area contributed by atoms with Crippen molar-refractivity contribution >= 4 is 5.78 Å². The molecule has 0 aromatic rings. The summed E-state index contributed by atoms with van der Waals surface area (Å²) in [4.78, 5) is 10.8. The lowest BCUT2D eigenvalue weighted by molar-refractivity contribution is -0.118. The third-order valence-electron chi connectivity index (χ3n) is 1.46. The second kappa shape index (κ2) is 6.53. The maximum Gasteiger partial charge on any atom is 0.132 e. The van der Waals surface area contributed by atoms with Crippen LogP contribution in [0.25, 0.3) is 0 Å². The number of ketones is 1. The molecule has 0 atom stereocenters. The average molecular weight is 140 g/mol. The van der Waals surface area contributed by atoms with Gasteiger partial charge in [0.25, 0.3) is 0 Å².